The summed E-state index contributed by atoms with van der Waals surface area (Å²) in [7, 11) is 1.49. The maximum absolute atomic E-state index is 12.6. The molecule has 7 heteroatoms. The number of rotatable bonds is 4. The van der Waals surface area contributed by atoms with E-state index in [0.29, 0.717) is 17.1 Å². The van der Waals surface area contributed by atoms with Gasteiger partial charge in [-0.2, -0.15) is 0 Å². The fourth-order valence-electron chi connectivity index (χ4n) is 2.45. The van der Waals surface area contributed by atoms with Gasteiger partial charge >= 0.3 is 0 Å². The van der Waals surface area contributed by atoms with E-state index in [2.05, 4.69) is 10.3 Å². The van der Waals surface area contributed by atoms with E-state index >= 15 is 0 Å². The summed E-state index contributed by atoms with van der Waals surface area (Å²) in [6, 6.07) is 8.44. The summed E-state index contributed by atoms with van der Waals surface area (Å²) in [5.74, 6) is 0.627. The quantitative estimate of drug-likeness (QED) is 0.621. The highest BCUT2D eigenvalue weighted by Gasteiger charge is 2.15. The van der Waals surface area contributed by atoms with E-state index in [1.807, 2.05) is 26.8 Å². The topological polar surface area (TPSA) is 96.1 Å². The van der Waals surface area contributed by atoms with E-state index in [-0.39, 0.29) is 17.1 Å². The van der Waals surface area contributed by atoms with Crippen LogP contribution < -0.4 is 15.6 Å². The molecule has 0 unspecified atom stereocenters. The van der Waals surface area contributed by atoms with Gasteiger partial charge in [0.15, 0.2) is 11.4 Å². The number of hydrogen-bond acceptors (Lipinski definition) is 6. The molecule has 0 bridgehead atoms. The molecule has 138 valence electrons. The van der Waals surface area contributed by atoms with Gasteiger partial charge in [-0.3, -0.25) is 9.20 Å². The van der Waals surface area contributed by atoms with Crippen LogP contribution in [-0.4, -0.2) is 26.7 Å². The van der Waals surface area contributed by atoms with Crippen molar-refractivity contribution >= 4 is 17.2 Å². The molecular formula is C19H23N3O4. The van der Waals surface area contributed by atoms with Crippen LogP contribution in [0, 0.1) is 6.92 Å². The number of aliphatic hydroxyl groups is 1. The fraction of sp³-hybridized carbons (Fsp3) is 0.263. The average molecular weight is 357 g/mol. The van der Waals surface area contributed by atoms with Crippen LogP contribution in [0.3, 0.4) is 0 Å². The summed E-state index contributed by atoms with van der Waals surface area (Å²) in [5.41, 5.74) is 1.29. The van der Waals surface area contributed by atoms with Gasteiger partial charge in [0.1, 0.15) is 11.6 Å². The number of phenols is 1. The number of nitrogens with zero attached hydrogens (tertiary/aromatic N) is 2. The first-order valence-corrected chi connectivity index (χ1v) is 8.31. The van der Waals surface area contributed by atoms with Crippen molar-refractivity contribution < 1.29 is 14.9 Å². The second-order valence-electron chi connectivity index (χ2n) is 5.32. The predicted molar refractivity (Wildman–Crippen MR) is 101 cm³/mol. The molecule has 3 rings (SSSR count). The monoisotopic (exact) mass is 357 g/mol. The van der Waals surface area contributed by atoms with Crippen LogP contribution in [0.25, 0.3) is 5.65 Å². The molecule has 0 saturated heterocycles. The highest BCUT2D eigenvalue weighted by atomic mass is 16.5. The molecule has 0 aliphatic rings. The Bertz CT molecular complexity index is 967. The Labute approximate surface area is 151 Å². The van der Waals surface area contributed by atoms with E-state index in [4.69, 9.17) is 4.74 Å². The molecule has 0 amide bonds. The van der Waals surface area contributed by atoms with Gasteiger partial charge in [0.05, 0.1) is 25.0 Å². The number of benzene rings is 1. The maximum atomic E-state index is 12.6. The summed E-state index contributed by atoms with van der Waals surface area (Å²) < 4.78 is 6.55. The largest absolute Gasteiger partial charge is 0.506 e. The van der Waals surface area contributed by atoms with E-state index in [9.17, 15) is 15.0 Å². The predicted octanol–water partition coefficient (Wildman–Crippen LogP) is 2.98. The molecule has 0 aliphatic carbocycles. The zero-order valence-corrected chi connectivity index (χ0v) is 15.3. The van der Waals surface area contributed by atoms with Crippen LogP contribution in [-0.2, 0) is 6.61 Å². The molecule has 2 heterocycles. The van der Waals surface area contributed by atoms with Gasteiger partial charge in [-0.15, -0.1) is 0 Å². The summed E-state index contributed by atoms with van der Waals surface area (Å²) >= 11 is 0. The molecule has 0 spiro atoms. The fourth-order valence-corrected chi connectivity index (χ4v) is 2.45. The third-order valence-electron chi connectivity index (χ3n) is 3.70. The van der Waals surface area contributed by atoms with Gasteiger partial charge in [-0.05, 0) is 36.8 Å². The highest BCUT2D eigenvalue weighted by molar-refractivity contribution is 5.68. The maximum Gasteiger partial charge on any atom is 0.265 e. The number of nitrogens with one attached hydrogen (secondary N) is 1. The number of aryl methyl sites for hydroxylation is 1. The van der Waals surface area contributed by atoms with Crippen LogP contribution in [0.4, 0.5) is 11.5 Å². The summed E-state index contributed by atoms with van der Waals surface area (Å²) in [6.45, 7) is 5.37. The number of anilines is 2. The Morgan fingerprint density at radius 3 is 2.62 bits per heavy atom. The zero-order chi connectivity index (χ0) is 19.3. The number of methoxy groups -OCH3 is 1. The van der Waals surface area contributed by atoms with E-state index in [1.165, 1.54) is 11.5 Å². The molecule has 1 aromatic carbocycles. The van der Waals surface area contributed by atoms with Crippen molar-refractivity contribution in [1.82, 2.24) is 9.38 Å². The minimum Gasteiger partial charge on any atom is -0.506 e. The number of hydrogen-bond donors (Lipinski definition) is 3. The number of ether oxygens (including phenoxy) is 1. The molecule has 7 nitrogen and oxygen atoms in total. The molecule has 0 saturated carbocycles. The van der Waals surface area contributed by atoms with Crippen LogP contribution >= 0.6 is 0 Å². The lowest BCUT2D eigenvalue weighted by molar-refractivity contribution is 0.280. The second kappa shape index (κ2) is 8.35. The second-order valence-corrected chi connectivity index (χ2v) is 5.32. The lowest BCUT2D eigenvalue weighted by Crippen LogP contribution is -2.22. The molecule has 0 radical (unpaired) electrons. The SMILES string of the molecule is CC.COc1cccn2c(=O)c(CO)c(Nc3ccc(C)cc3O)nc12. The van der Waals surface area contributed by atoms with Crippen molar-refractivity contribution in [1.29, 1.82) is 0 Å². The average Bonchev–Trinajstić information content (AvgIpc) is 2.65. The van der Waals surface area contributed by atoms with Crippen molar-refractivity contribution in [3.63, 3.8) is 0 Å². The van der Waals surface area contributed by atoms with Gasteiger partial charge in [-0.25, -0.2) is 4.98 Å². The van der Waals surface area contributed by atoms with Gasteiger partial charge in [0.25, 0.3) is 5.56 Å². The first-order valence-electron chi connectivity index (χ1n) is 8.31. The van der Waals surface area contributed by atoms with Crippen LogP contribution in [0.1, 0.15) is 25.0 Å². The van der Waals surface area contributed by atoms with Crippen molar-refractivity contribution in [2.45, 2.75) is 27.4 Å². The Kier molecular flexibility index (Phi) is 6.19. The van der Waals surface area contributed by atoms with Crippen molar-refractivity contribution in [2.75, 3.05) is 12.4 Å². The third kappa shape index (κ3) is 3.62. The standard InChI is InChI=1S/C17H17N3O4.C2H6/c1-10-5-6-12(13(22)8-10)18-15-11(9-21)17(23)20-7-3-4-14(24-2)16(20)19-15;1-2/h3-8,18,21-22H,9H2,1-2H3;1-2H3. The van der Waals surface area contributed by atoms with Crippen LogP contribution in [0.15, 0.2) is 41.3 Å². The van der Waals surface area contributed by atoms with Crippen molar-refractivity contribution in [2.24, 2.45) is 0 Å². The molecule has 2 aromatic heterocycles. The number of aromatic hydroxyl groups is 1. The number of fused-ring (bicyclic) bond motifs is 1. The van der Waals surface area contributed by atoms with Gasteiger partial charge < -0.3 is 20.3 Å². The summed E-state index contributed by atoms with van der Waals surface area (Å²) in [6.07, 6.45) is 1.56. The molecule has 0 fully saturated rings. The zero-order valence-electron chi connectivity index (χ0n) is 15.3. The van der Waals surface area contributed by atoms with E-state index in [0.717, 1.165) is 5.56 Å². The molecule has 0 atom stereocenters. The molecule has 0 aliphatic heterocycles. The van der Waals surface area contributed by atoms with Crippen LogP contribution in [0.2, 0.25) is 0 Å². The van der Waals surface area contributed by atoms with E-state index < -0.39 is 12.2 Å². The number of pyridine rings is 1. The lowest BCUT2D eigenvalue weighted by atomic mass is 10.2. The minimum absolute atomic E-state index is 0.0286. The van der Waals surface area contributed by atoms with Gasteiger partial charge in [0.2, 0.25) is 0 Å². The number of phenolic OH excluding ortho intramolecular Hbond substituents is 1. The highest BCUT2D eigenvalue weighted by Crippen LogP contribution is 2.28. The Hall–Kier alpha value is -3.06. The normalized spacial score (nSPS) is 10.2. The number of aliphatic hydroxyl groups excluding tert-OH is 1. The molecule has 3 aromatic rings. The first-order chi connectivity index (χ1) is 12.5. The van der Waals surface area contributed by atoms with E-state index in [1.54, 1.807) is 30.5 Å². The van der Waals surface area contributed by atoms with Gasteiger partial charge in [-0.1, -0.05) is 19.9 Å². The number of aromatic nitrogens is 2. The Morgan fingerprint density at radius 2 is 2.00 bits per heavy atom. The van der Waals surface area contributed by atoms with Crippen LogP contribution in [0.5, 0.6) is 11.5 Å². The first kappa shape index (κ1) is 19.3. The Morgan fingerprint density at radius 1 is 1.27 bits per heavy atom. The smallest absolute Gasteiger partial charge is 0.265 e. The lowest BCUT2D eigenvalue weighted by Gasteiger charge is -2.14. The molecule has 3 N–H and O–H groups in total. The summed E-state index contributed by atoms with van der Waals surface area (Å²) in [5, 5.41) is 22.5. The molecule has 26 heavy (non-hydrogen) atoms. The molecular weight excluding hydrogens is 334 g/mol. The third-order valence-corrected chi connectivity index (χ3v) is 3.70. The van der Waals surface area contributed by atoms with Gasteiger partial charge in [0, 0.05) is 6.20 Å². The van der Waals surface area contributed by atoms with Crippen molar-refractivity contribution in [3.8, 4) is 11.5 Å². The summed E-state index contributed by atoms with van der Waals surface area (Å²) in [4.78, 5) is 17.0. The minimum atomic E-state index is -0.485. The Balaban J connectivity index is 0.00000117. The van der Waals surface area contributed by atoms with Crippen molar-refractivity contribution in [3.05, 3.63) is 58.0 Å².